The molecule has 2 rings (SSSR count). The van der Waals surface area contributed by atoms with E-state index in [-0.39, 0.29) is 6.42 Å². The zero-order valence-corrected chi connectivity index (χ0v) is 18.8. The van der Waals surface area contributed by atoms with Crippen molar-refractivity contribution >= 4 is 34.6 Å². The molecule has 4 atom stereocenters. The highest BCUT2D eigenvalue weighted by atomic mass is 16.4. The van der Waals surface area contributed by atoms with Crippen LogP contribution in [0.15, 0.2) is 30.5 Å². The molecular formula is C22H31N5O6. The fourth-order valence-electron chi connectivity index (χ4n) is 3.31. The van der Waals surface area contributed by atoms with Crippen LogP contribution >= 0.6 is 0 Å². The van der Waals surface area contributed by atoms with Gasteiger partial charge in [-0.2, -0.15) is 0 Å². The number of nitrogens with two attached hydrogens (primary N) is 1. The van der Waals surface area contributed by atoms with Crippen molar-refractivity contribution in [2.24, 2.45) is 11.7 Å². The molecule has 0 saturated carbocycles. The highest BCUT2D eigenvalue weighted by molar-refractivity contribution is 5.93. The van der Waals surface area contributed by atoms with Crippen LogP contribution in [0.1, 0.15) is 26.3 Å². The van der Waals surface area contributed by atoms with Gasteiger partial charge in [0.15, 0.2) is 0 Å². The van der Waals surface area contributed by atoms with E-state index in [0.29, 0.717) is 0 Å². The Bertz CT molecular complexity index is 1000. The second kappa shape index (κ2) is 11.4. The van der Waals surface area contributed by atoms with Crippen molar-refractivity contribution in [2.45, 2.75) is 51.4 Å². The molecule has 0 fully saturated rings. The van der Waals surface area contributed by atoms with E-state index >= 15 is 0 Å². The second-order valence-corrected chi connectivity index (χ2v) is 8.24. The number of hydrogen-bond acceptors (Lipinski definition) is 6. The van der Waals surface area contributed by atoms with E-state index in [0.717, 1.165) is 16.5 Å². The molecule has 4 unspecified atom stereocenters. The molecule has 11 heteroatoms. The summed E-state index contributed by atoms with van der Waals surface area (Å²) in [7, 11) is 0. The third-order valence-electron chi connectivity index (χ3n) is 5.19. The highest BCUT2D eigenvalue weighted by Gasteiger charge is 2.31. The van der Waals surface area contributed by atoms with Gasteiger partial charge in [0.2, 0.25) is 17.7 Å². The van der Waals surface area contributed by atoms with Crippen LogP contribution in [0.5, 0.6) is 0 Å². The number of carbonyl (C=O) groups excluding carboxylic acids is 3. The Balaban J connectivity index is 1.90. The van der Waals surface area contributed by atoms with Crippen molar-refractivity contribution in [3.8, 4) is 0 Å². The average molecular weight is 462 g/mol. The number of aliphatic hydroxyl groups excluding tert-OH is 1. The number of amides is 3. The molecule has 1 aromatic heterocycles. The molecule has 0 radical (unpaired) electrons. The quantitative estimate of drug-likeness (QED) is 0.229. The summed E-state index contributed by atoms with van der Waals surface area (Å²) in [5.41, 5.74) is 7.76. The number of aromatic amines is 1. The molecule has 0 spiro atoms. The molecule has 1 heterocycles. The number of carboxylic acids is 1. The number of rotatable bonds is 11. The molecule has 180 valence electrons. The Morgan fingerprint density at radius 2 is 1.70 bits per heavy atom. The van der Waals surface area contributed by atoms with Crippen LogP contribution < -0.4 is 21.7 Å². The highest BCUT2D eigenvalue weighted by Crippen LogP contribution is 2.18. The van der Waals surface area contributed by atoms with Crippen LogP contribution in [0, 0.1) is 5.92 Å². The standard InChI is InChI=1S/C22H31N5O6/c1-11(2)18(22(32)33)27-21(31)19(12(3)28)26-17(29)10-25-20(30)15(23)8-13-9-24-16-7-5-4-6-14(13)16/h4-7,9,11-12,15,18-19,24,28H,8,10,23H2,1-3H3,(H,25,30)(H,26,29)(H,27,31)(H,32,33). The number of aliphatic hydroxyl groups is 1. The Morgan fingerprint density at radius 1 is 1.03 bits per heavy atom. The van der Waals surface area contributed by atoms with Crippen molar-refractivity contribution in [1.29, 1.82) is 0 Å². The minimum Gasteiger partial charge on any atom is -0.480 e. The van der Waals surface area contributed by atoms with E-state index in [1.54, 1.807) is 20.0 Å². The van der Waals surface area contributed by atoms with Crippen molar-refractivity contribution in [1.82, 2.24) is 20.9 Å². The van der Waals surface area contributed by atoms with Crippen LogP contribution in [0.3, 0.4) is 0 Å². The number of H-pyrrole nitrogens is 1. The summed E-state index contributed by atoms with van der Waals surface area (Å²) in [6, 6.07) is 4.10. The van der Waals surface area contributed by atoms with Crippen LogP contribution in [-0.2, 0) is 25.6 Å². The molecule has 0 aliphatic rings. The predicted octanol–water partition coefficient (Wildman–Crippen LogP) is -0.755. The first kappa shape index (κ1) is 25.8. The first-order chi connectivity index (χ1) is 15.5. The second-order valence-electron chi connectivity index (χ2n) is 8.24. The van der Waals surface area contributed by atoms with Gasteiger partial charge in [-0.25, -0.2) is 4.79 Å². The molecule has 0 aliphatic heterocycles. The molecule has 8 N–H and O–H groups in total. The number of fused-ring (bicyclic) bond motifs is 1. The molecule has 1 aromatic carbocycles. The Kier molecular flexibility index (Phi) is 8.94. The number of carbonyl (C=O) groups is 4. The van der Waals surface area contributed by atoms with Crippen LogP contribution in [0.4, 0.5) is 0 Å². The summed E-state index contributed by atoms with van der Waals surface area (Å²) >= 11 is 0. The minimum absolute atomic E-state index is 0.252. The van der Waals surface area contributed by atoms with Gasteiger partial charge in [0.05, 0.1) is 18.7 Å². The normalized spacial score (nSPS) is 14.8. The number of benzene rings is 1. The van der Waals surface area contributed by atoms with Gasteiger partial charge in [-0.1, -0.05) is 32.0 Å². The minimum atomic E-state index is -1.39. The predicted molar refractivity (Wildman–Crippen MR) is 121 cm³/mol. The summed E-state index contributed by atoms with van der Waals surface area (Å²) in [5, 5.41) is 27.1. The van der Waals surface area contributed by atoms with E-state index in [4.69, 9.17) is 5.73 Å². The fraction of sp³-hybridized carbons (Fsp3) is 0.455. The van der Waals surface area contributed by atoms with E-state index in [9.17, 15) is 29.4 Å². The SMILES string of the molecule is CC(C)C(NC(=O)C(NC(=O)CNC(=O)C(N)Cc1c[nH]c2ccccc12)C(C)O)C(=O)O. The summed E-state index contributed by atoms with van der Waals surface area (Å²) < 4.78 is 0. The van der Waals surface area contributed by atoms with E-state index in [1.165, 1.54) is 6.92 Å². The third kappa shape index (κ3) is 7.02. The van der Waals surface area contributed by atoms with E-state index in [1.807, 2.05) is 24.3 Å². The topological polar surface area (TPSA) is 187 Å². The maximum atomic E-state index is 12.4. The molecule has 0 aliphatic carbocycles. The van der Waals surface area contributed by atoms with Crippen molar-refractivity contribution < 1.29 is 29.4 Å². The van der Waals surface area contributed by atoms with Gasteiger partial charge in [-0.05, 0) is 30.9 Å². The third-order valence-corrected chi connectivity index (χ3v) is 5.19. The van der Waals surface area contributed by atoms with Crippen LogP contribution in [-0.4, -0.2) is 69.7 Å². The Morgan fingerprint density at radius 3 is 2.30 bits per heavy atom. The number of carboxylic acid groups (broad SMARTS) is 1. The van der Waals surface area contributed by atoms with Crippen molar-refractivity contribution in [3.63, 3.8) is 0 Å². The molecule has 11 nitrogen and oxygen atoms in total. The number of aliphatic carboxylic acids is 1. The molecule has 3 amide bonds. The lowest BCUT2D eigenvalue weighted by molar-refractivity contribution is -0.144. The number of para-hydroxylation sites is 1. The molecule has 0 saturated heterocycles. The molecule has 2 aromatic rings. The fourth-order valence-corrected chi connectivity index (χ4v) is 3.31. The lowest BCUT2D eigenvalue weighted by Crippen LogP contribution is -2.58. The van der Waals surface area contributed by atoms with Crippen molar-refractivity contribution in [2.75, 3.05) is 6.54 Å². The first-order valence-electron chi connectivity index (χ1n) is 10.6. The number of hydrogen-bond donors (Lipinski definition) is 7. The zero-order chi connectivity index (χ0) is 24.7. The summed E-state index contributed by atoms with van der Waals surface area (Å²) in [5.74, 6) is -3.78. The monoisotopic (exact) mass is 461 g/mol. The lowest BCUT2D eigenvalue weighted by Gasteiger charge is -2.25. The maximum Gasteiger partial charge on any atom is 0.326 e. The maximum absolute atomic E-state index is 12.4. The molecule has 33 heavy (non-hydrogen) atoms. The summed E-state index contributed by atoms with van der Waals surface area (Å²) in [6.45, 7) is 4.04. The van der Waals surface area contributed by atoms with Crippen LogP contribution in [0.2, 0.25) is 0 Å². The largest absolute Gasteiger partial charge is 0.480 e. The van der Waals surface area contributed by atoms with Gasteiger partial charge in [0.1, 0.15) is 12.1 Å². The smallest absolute Gasteiger partial charge is 0.326 e. The van der Waals surface area contributed by atoms with Gasteiger partial charge < -0.3 is 36.9 Å². The van der Waals surface area contributed by atoms with Crippen LogP contribution in [0.25, 0.3) is 10.9 Å². The Labute approximate surface area is 191 Å². The first-order valence-corrected chi connectivity index (χ1v) is 10.6. The van der Waals surface area contributed by atoms with Gasteiger partial charge in [0.25, 0.3) is 0 Å². The Hall–Kier alpha value is -3.44. The summed E-state index contributed by atoms with van der Waals surface area (Å²) in [4.78, 5) is 51.4. The van der Waals surface area contributed by atoms with Gasteiger partial charge in [0, 0.05) is 17.1 Å². The van der Waals surface area contributed by atoms with E-state index < -0.39 is 60.4 Å². The zero-order valence-electron chi connectivity index (χ0n) is 18.8. The van der Waals surface area contributed by atoms with Gasteiger partial charge in [-0.15, -0.1) is 0 Å². The van der Waals surface area contributed by atoms with Crippen molar-refractivity contribution in [3.05, 3.63) is 36.0 Å². The van der Waals surface area contributed by atoms with Gasteiger partial charge in [-0.3, -0.25) is 14.4 Å². The summed E-state index contributed by atoms with van der Waals surface area (Å²) in [6.07, 6.45) is 0.732. The number of nitrogens with one attached hydrogen (secondary N) is 4. The van der Waals surface area contributed by atoms with E-state index in [2.05, 4.69) is 20.9 Å². The lowest BCUT2D eigenvalue weighted by atomic mass is 10.0. The number of aromatic nitrogens is 1. The molecule has 0 bridgehead atoms. The molecular weight excluding hydrogens is 430 g/mol. The van der Waals surface area contributed by atoms with Gasteiger partial charge >= 0.3 is 5.97 Å². The average Bonchev–Trinajstić information content (AvgIpc) is 3.16.